The van der Waals surface area contributed by atoms with Crippen LogP contribution in [-0.2, 0) is 14.4 Å². The summed E-state index contributed by atoms with van der Waals surface area (Å²) in [5.74, 6) is 0.578. The normalized spacial score (nSPS) is 45.2. The van der Waals surface area contributed by atoms with Crippen LogP contribution in [0.1, 0.15) is 45.4 Å². The molecule has 1 unspecified atom stereocenters. The average Bonchev–Trinajstić information content (AvgIpc) is 2.75. The van der Waals surface area contributed by atoms with E-state index in [1.807, 2.05) is 0 Å². The maximum atomic E-state index is 12.7. The van der Waals surface area contributed by atoms with Crippen LogP contribution < -0.4 is 0 Å². The minimum absolute atomic E-state index is 0.00218. The van der Waals surface area contributed by atoms with E-state index in [1.54, 1.807) is 6.08 Å². The van der Waals surface area contributed by atoms with E-state index >= 15 is 0 Å². The molecule has 0 aromatic rings. The lowest BCUT2D eigenvalue weighted by Gasteiger charge is -2.44. The van der Waals surface area contributed by atoms with Crippen molar-refractivity contribution in [2.45, 2.75) is 45.4 Å². The Balaban J connectivity index is 2.18. The lowest BCUT2D eigenvalue weighted by molar-refractivity contribution is -0.151. The van der Waals surface area contributed by atoms with E-state index in [0.29, 0.717) is 38.0 Å². The van der Waals surface area contributed by atoms with Gasteiger partial charge in [0.05, 0.1) is 5.41 Å². The number of allylic oxidation sites excluding steroid dienone is 1. The summed E-state index contributed by atoms with van der Waals surface area (Å²) in [6.07, 6.45) is 4.81. The first-order chi connectivity index (χ1) is 8.99. The Labute approximate surface area is 113 Å². The molecular formula is C16H20O3. The van der Waals surface area contributed by atoms with Gasteiger partial charge in [0.15, 0.2) is 0 Å². The second-order valence-corrected chi connectivity index (χ2v) is 6.59. The molecule has 4 atom stereocenters. The number of hydrogen-bond donors (Lipinski definition) is 0. The molecular weight excluding hydrogens is 240 g/mol. The second kappa shape index (κ2) is 3.87. The molecule has 0 radical (unpaired) electrons. The Kier molecular flexibility index (Phi) is 2.60. The number of rotatable bonds is 2. The molecule has 0 aliphatic heterocycles. The van der Waals surface area contributed by atoms with E-state index in [0.717, 1.165) is 6.42 Å². The molecule has 1 spiro atoms. The number of carbonyl (C=O) groups is 3. The van der Waals surface area contributed by atoms with Gasteiger partial charge in [-0.2, -0.15) is 0 Å². The average molecular weight is 260 g/mol. The monoisotopic (exact) mass is 260 g/mol. The lowest BCUT2D eigenvalue weighted by Crippen LogP contribution is -2.51. The largest absolute Gasteiger partial charge is 0.299 e. The summed E-state index contributed by atoms with van der Waals surface area (Å²) in [4.78, 5) is 37.7. The lowest BCUT2D eigenvalue weighted by atomic mass is 9.55. The predicted molar refractivity (Wildman–Crippen MR) is 70.4 cm³/mol. The van der Waals surface area contributed by atoms with Gasteiger partial charge in [0, 0.05) is 19.3 Å². The Hall–Kier alpha value is -1.25. The molecule has 0 aromatic carbocycles. The van der Waals surface area contributed by atoms with Crippen molar-refractivity contribution in [3.63, 3.8) is 0 Å². The Bertz CT molecular complexity index is 492. The molecule has 3 aliphatic carbocycles. The Morgan fingerprint density at radius 2 is 1.95 bits per heavy atom. The van der Waals surface area contributed by atoms with E-state index in [9.17, 15) is 14.4 Å². The van der Waals surface area contributed by atoms with Crippen molar-refractivity contribution >= 4 is 17.3 Å². The summed E-state index contributed by atoms with van der Waals surface area (Å²) < 4.78 is 0. The molecule has 3 heteroatoms. The Morgan fingerprint density at radius 3 is 2.63 bits per heavy atom. The minimum Gasteiger partial charge on any atom is -0.299 e. The third kappa shape index (κ3) is 1.26. The topological polar surface area (TPSA) is 51.2 Å². The zero-order valence-electron chi connectivity index (χ0n) is 11.4. The van der Waals surface area contributed by atoms with Crippen molar-refractivity contribution < 1.29 is 14.4 Å². The first-order valence-corrected chi connectivity index (χ1v) is 7.20. The fourth-order valence-electron chi connectivity index (χ4n) is 5.10. The van der Waals surface area contributed by atoms with Crippen molar-refractivity contribution in [2.75, 3.05) is 0 Å². The van der Waals surface area contributed by atoms with Crippen LogP contribution in [0.25, 0.3) is 0 Å². The van der Waals surface area contributed by atoms with Crippen LogP contribution in [0.5, 0.6) is 0 Å². The zero-order valence-corrected chi connectivity index (χ0v) is 11.4. The van der Waals surface area contributed by atoms with Gasteiger partial charge in [0.2, 0.25) is 0 Å². The molecule has 0 N–H and O–H groups in total. The SMILES string of the molecule is C=CC[C@]12C(=O)CC[C@]13C(=O)CC(C)C[C@@H]3CC2=O. The van der Waals surface area contributed by atoms with Gasteiger partial charge in [-0.1, -0.05) is 13.0 Å². The third-order valence-electron chi connectivity index (χ3n) is 5.76. The summed E-state index contributed by atoms with van der Waals surface area (Å²) in [5.41, 5.74) is -1.72. The van der Waals surface area contributed by atoms with Gasteiger partial charge in [0.1, 0.15) is 22.8 Å². The smallest absolute Gasteiger partial charge is 0.148 e. The standard InChI is InChI=1S/C16H20O3/c1-3-5-16-12(17)4-6-15(16)11(9-14(16)19)7-10(2)8-13(15)18/h3,10-11H,1,4-9H2,2H3/t10?,11-,15+,16-/m1/s1. The molecule has 102 valence electrons. The fraction of sp³-hybridized carbons (Fsp3) is 0.688. The second-order valence-electron chi connectivity index (χ2n) is 6.59. The number of carbonyl (C=O) groups excluding carboxylic acids is 3. The van der Waals surface area contributed by atoms with Gasteiger partial charge in [-0.3, -0.25) is 14.4 Å². The van der Waals surface area contributed by atoms with Gasteiger partial charge in [-0.05, 0) is 31.1 Å². The molecule has 0 saturated heterocycles. The van der Waals surface area contributed by atoms with Gasteiger partial charge < -0.3 is 0 Å². The van der Waals surface area contributed by atoms with Crippen molar-refractivity contribution in [2.24, 2.45) is 22.7 Å². The molecule has 3 rings (SSSR count). The van der Waals surface area contributed by atoms with E-state index in [-0.39, 0.29) is 23.3 Å². The van der Waals surface area contributed by atoms with Gasteiger partial charge in [0.25, 0.3) is 0 Å². The highest BCUT2D eigenvalue weighted by Crippen LogP contribution is 2.67. The number of hydrogen-bond acceptors (Lipinski definition) is 3. The van der Waals surface area contributed by atoms with Crippen molar-refractivity contribution in [1.82, 2.24) is 0 Å². The highest BCUT2D eigenvalue weighted by molar-refractivity contribution is 6.17. The van der Waals surface area contributed by atoms with Gasteiger partial charge in [-0.25, -0.2) is 0 Å². The molecule has 3 saturated carbocycles. The molecule has 3 nitrogen and oxygen atoms in total. The Morgan fingerprint density at radius 1 is 1.21 bits per heavy atom. The molecule has 0 heterocycles. The van der Waals surface area contributed by atoms with E-state index in [4.69, 9.17) is 0 Å². The van der Waals surface area contributed by atoms with Crippen LogP contribution in [0.15, 0.2) is 12.7 Å². The summed E-state index contributed by atoms with van der Waals surface area (Å²) in [7, 11) is 0. The molecule has 0 aromatic heterocycles. The highest BCUT2D eigenvalue weighted by Gasteiger charge is 2.74. The minimum atomic E-state index is -1.04. The fourth-order valence-corrected chi connectivity index (χ4v) is 5.10. The summed E-state index contributed by atoms with van der Waals surface area (Å²) in [6.45, 7) is 5.78. The summed E-state index contributed by atoms with van der Waals surface area (Å²) >= 11 is 0. The summed E-state index contributed by atoms with van der Waals surface area (Å²) in [5, 5.41) is 0. The van der Waals surface area contributed by atoms with Crippen LogP contribution in [0.3, 0.4) is 0 Å². The van der Waals surface area contributed by atoms with Gasteiger partial charge in [-0.15, -0.1) is 6.58 Å². The number of Topliss-reactive ketones (excluding diaryl/α,β-unsaturated/α-hetero) is 3. The zero-order chi connectivity index (χ0) is 13.8. The highest BCUT2D eigenvalue weighted by atomic mass is 16.2. The van der Waals surface area contributed by atoms with Crippen LogP contribution in [0.2, 0.25) is 0 Å². The molecule has 0 bridgehead atoms. The first kappa shape index (κ1) is 12.8. The third-order valence-corrected chi connectivity index (χ3v) is 5.76. The maximum Gasteiger partial charge on any atom is 0.148 e. The first-order valence-electron chi connectivity index (χ1n) is 7.20. The number of ketones is 3. The van der Waals surface area contributed by atoms with Crippen molar-refractivity contribution in [1.29, 1.82) is 0 Å². The van der Waals surface area contributed by atoms with Crippen LogP contribution in [0, 0.1) is 22.7 Å². The maximum absolute atomic E-state index is 12.7. The quantitative estimate of drug-likeness (QED) is 0.566. The molecule has 19 heavy (non-hydrogen) atoms. The van der Waals surface area contributed by atoms with Crippen molar-refractivity contribution in [3.05, 3.63) is 12.7 Å². The van der Waals surface area contributed by atoms with Crippen molar-refractivity contribution in [3.8, 4) is 0 Å². The summed E-state index contributed by atoms with van der Waals surface area (Å²) in [6, 6.07) is 0. The van der Waals surface area contributed by atoms with E-state index < -0.39 is 10.8 Å². The molecule has 3 aliphatic rings. The molecule has 3 fully saturated rings. The van der Waals surface area contributed by atoms with E-state index in [2.05, 4.69) is 13.5 Å². The van der Waals surface area contributed by atoms with E-state index in [1.165, 1.54) is 0 Å². The van der Waals surface area contributed by atoms with Crippen LogP contribution in [0.4, 0.5) is 0 Å². The molecule has 0 amide bonds. The van der Waals surface area contributed by atoms with Crippen LogP contribution >= 0.6 is 0 Å². The van der Waals surface area contributed by atoms with Crippen LogP contribution in [-0.4, -0.2) is 17.3 Å². The predicted octanol–water partition coefficient (Wildman–Crippen LogP) is 2.49. The van der Waals surface area contributed by atoms with Gasteiger partial charge >= 0.3 is 0 Å².